The minimum atomic E-state index is 0. The lowest BCUT2D eigenvalue weighted by Gasteiger charge is -2.09. The summed E-state index contributed by atoms with van der Waals surface area (Å²) in [6, 6.07) is 10.6. The van der Waals surface area contributed by atoms with E-state index in [1.807, 2.05) is 14.1 Å². The number of alkyl halides is 1. The molecule has 1 aromatic rings. The molecule has 1 rings (SSSR count). The maximum absolute atomic E-state index is 6.46. The first-order valence-corrected chi connectivity index (χ1v) is 11.9. The van der Waals surface area contributed by atoms with E-state index in [1.54, 1.807) is 0 Å². The summed E-state index contributed by atoms with van der Waals surface area (Å²) in [6.07, 6.45) is 20.6. The molecule has 1 aromatic carbocycles. The topological polar surface area (TPSA) is 43.5 Å². The average Bonchev–Trinajstić information content (AvgIpc) is 2.67. The summed E-state index contributed by atoms with van der Waals surface area (Å²) in [4.78, 5) is 0. The Balaban J connectivity index is 0. The molecule has 28 heavy (non-hydrogen) atoms. The Morgan fingerprint density at radius 1 is 0.714 bits per heavy atom. The molecule has 0 aliphatic rings. The highest BCUT2D eigenvalue weighted by molar-refractivity contribution is 6.20. The molecule has 0 spiro atoms. The van der Waals surface area contributed by atoms with Crippen LogP contribution in [0, 0.1) is 0 Å². The van der Waals surface area contributed by atoms with Gasteiger partial charge in [0.25, 0.3) is 0 Å². The van der Waals surface area contributed by atoms with Crippen LogP contribution in [-0.2, 0) is 6.42 Å². The summed E-state index contributed by atoms with van der Waals surface area (Å²) in [7, 11) is 3.75. The van der Waals surface area contributed by atoms with E-state index in [4.69, 9.17) is 11.6 Å². The zero-order valence-electron chi connectivity index (χ0n) is 18.9. The van der Waals surface area contributed by atoms with Gasteiger partial charge in [0.1, 0.15) is 0 Å². The normalized spacial score (nSPS) is 11.3. The molecule has 0 aromatic heterocycles. The minimum absolute atomic E-state index is 0. The summed E-state index contributed by atoms with van der Waals surface area (Å²) in [5.74, 6) is 0. The van der Waals surface area contributed by atoms with Gasteiger partial charge in [-0.25, -0.2) is 0 Å². The van der Waals surface area contributed by atoms with E-state index in [2.05, 4.69) is 42.6 Å². The molecular weight excluding hydrogens is 366 g/mol. The molecule has 0 radical (unpaired) electrons. The lowest BCUT2D eigenvalue weighted by Crippen LogP contribution is -2.03. The molecule has 0 bridgehead atoms. The first kappa shape index (κ1) is 29.6. The fraction of sp³-hybridized carbons (Fsp3) is 0.760. The second-order valence-corrected chi connectivity index (χ2v) is 8.44. The quantitative estimate of drug-likeness (QED) is 0.223. The van der Waals surface area contributed by atoms with Gasteiger partial charge in [0.15, 0.2) is 0 Å². The van der Waals surface area contributed by atoms with Crippen LogP contribution in [0.1, 0.15) is 102 Å². The van der Waals surface area contributed by atoms with Crippen molar-refractivity contribution in [1.82, 2.24) is 5.32 Å². The fourth-order valence-corrected chi connectivity index (χ4v) is 3.69. The maximum atomic E-state index is 6.46. The SMILES string of the molecule is CCCCCCCCCCCCCCCC(Cl)Cc1ccccc1.CNC.O. The van der Waals surface area contributed by atoms with Crippen LogP contribution < -0.4 is 5.32 Å². The van der Waals surface area contributed by atoms with Gasteiger partial charge in [0.05, 0.1) is 0 Å². The van der Waals surface area contributed by atoms with Crippen molar-refractivity contribution in [3.05, 3.63) is 35.9 Å². The van der Waals surface area contributed by atoms with E-state index in [9.17, 15) is 0 Å². The van der Waals surface area contributed by atoms with Crippen LogP contribution >= 0.6 is 11.6 Å². The summed E-state index contributed by atoms with van der Waals surface area (Å²) >= 11 is 6.46. The van der Waals surface area contributed by atoms with Crippen LogP contribution in [-0.4, -0.2) is 24.9 Å². The summed E-state index contributed by atoms with van der Waals surface area (Å²) < 4.78 is 0. The van der Waals surface area contributed by atoms with Crippen LogP contribution in [0.2, 0.25) is 0 Å². The fourth-order valence-electron chi connectivity index (χ4n) is 3.36. The van der Waals surface area contributed by atoms with Crippen LogP contribution in [0.5, 0.6) is 0 Å². The number of unbranched alkanes of at least 4 members (excludes halogenated alkanes) is 12. The van der Waals surface area contributed by atoms with Gasteiger partial charge in [-0.05, 0) is 32.5 Å². The van der Waals surface area contributed by atoms with Crippen molar-refractivity contribution in [2.45, 2.75) is 109 Å². The van der Waals surface area contributed by atoms with E-state index in [0.29, 0.717) is 5.38 Å². The zero-order chi connectivity index (χ0) is 20.0. The average molecular weight is 414 g/mol. The number of hydrogen-bond donors (Lipinski definition) is 1. The van der Waals surface area contributed by atoms with Gasteiger partial charge < -0.3 is 10.8 Å². The zero-order valence-corrected chi connectivity index (χ0v) is 19.7. The second kappa shape index (κ2) is 24.5. The number of halogens is 1. The van der Waals surface area contributed by atoms with Crippen molar-refractivity contribution in [2.75, 3.05) is 14.1 Å². The van der Waals surface area contributed by atoms with Crippen molar-refractivity contribution in [2.24, 2.45) is 0 Å². The van der Waals surface area contributed by atoms with Crippen LogP contribution in [0.4, 0.5) is 0 Å². The van der Waals surface area contributed by atoms with Crippen LogP contribution in [0.3, 0.4) is 0 Å². The third-order valence-electron chi connectivity index (χ3n) is 4.92. The standard InChI is InChI=1S/C23H39Cl.C2H7N.H2O/c1-2-3-4-5-6-7-8-9-10-11-12-13-17-20-23(24)21-22-18-15-14-16-19-22;1-3-2;/h14-16,18-19,23H,2-13,17,20-21H2,1H3;3H,1-2H3;1H2. The molecule has 1 atom stereocenters. The van der Waals surface area contributed by atoms with Gasteiger partial charge in [0, 0.05) is 5.38 Å². The van der Waals surface area contributed by atoms with Crippen molar-refractivity contribution < 1.29 is 5.48 Å². The smallest absolute Gasteiger partial charge is 0.0376 e. The number of rotatable bonds is 16. The third-order valence-corrected chi connectivity index (χ3v) is 5.29. The molecule has 0 heterocycles. The predicted molar refractivity (Wildman–Crippen MR) is 129 cm³/mol. The second-order valence-electron chi connectivity index (χ2n) is 7.82. The summed E-state index contributed by atoms with van der Waals surface area (Å²) in [5, 5.41) is 3.06. The van der Waals surface area contributed by atoms with Gasteiger partial charge >= 0.3 is 0 Å². The first-order valence-electron chi connectivity index (χ1n) is 11.5. The predicted octanol–water partition coefficient (Wildman–Crippen LogP) is 7.33. The van der Waals surface area contributed by atoms with Crippen molar-refractivity contribution in [3.63, 3.8) is 0 Å². The molecule has 0 fully saturated rings. The van der Waals surface area contributed by atoms with Crippen LogP contribution in [0.25, 0.3) is 0 Å². The van der Waals surface area contributed by atoms with Crippen molar-refractivity contribution >= 4 is 11.6 Å². The molecule has 1 unspecified atom stereocenters. The molecule has 2 nitrogen and oxygen atoms in total. The van der Waals surface area contributed by atoms with Gasteiger partial charge in [0.2, 0.25) is 0 Å². The number of nitrogens with one attached hydrogen (secondary N) is 1. The Bertz CT molecular complexity index is 385. The summed E-state index contributed by atoms with van der Waals surface area (Å²) in [6.45, 7) is 2.29. The molecule has 0 aliphatic carbocycles. The Hall–Kier alpha value is -0.570. The molecule has 0 amide bonds. The molecule has 0 saturated heterocycles. The van der Waals surface area contributed by atoms with E-state index in [-0.39, 0.29) is 5.48 Å². The highest BCUT2D eigenvalue weighted by Crippen LogP contribution is 2.17. The largest absolute Gasteiger partial charge is 0.412 e. The maximum Gasteiger partial charge on any atom is 0.0376 e. The van der Waals surface area contributed by atoms with Gasteiger partial charge in [-0.2, -0.15) is 0 Å². The van der Waals surface area contributed by atoms with Gasteiger partial charge in [-0.1, -0.05) is 121 Å². The van der Waals surface area contributed by atoms with E-state index in [0.717, 1.165) is 12.8 Å². The van der Waals surface area contributed by atoms with Gasteiger partial charge in [-0.15, -0.1) is 11.6 Å². The molecule has 3 heteroatoms. The number of benzene rings is 1. The molecule has 166 valence electrons. The molecule has 0 aliphatic heterocycles. The van der Waals surface area contributed by atoms with E-state index in [1.165, 1.54) is 89.0 Å². The van der Waals surface area contributed by atoms with E-state index < -0.39 is 0 Å². The highest BCUT2D eigenvalue weighted by atomic mass is 35.5. The Kier molecular flexibility index (Phi) is 25.9. The van der Waals surface area contributed by atoms with Crippen molar-refractivity contribution in [3.8, 4) is 0 Å². The molecule has 0 saturated carbocycles. The monoisotopic (exact) mass is 413 g/mol. The Labute approximate surface area is 181 Å². The Morgan fingerprint density at radius 2 is 1.11 bits per heavy atom. The first-order chi connectivity index (χ1) is 13.2. The Morgan fingerprint density at radius 3 is 1.54 bits per heavy atom. The lowest BCUT2D eigenvalue weighted by atomic mass is 10.0. The lowest BCUT2D eigenvalue weighted by molar-refractivity contribution is 0.533. The third kappa shape index (κ3) is 21.7. The minimum Gasteiger partial charge on any atom is -0.412 e. The number of hydrogen-bond acceptors (Lipinski definition) is 1. The van der Waals surface area contributed by atoms with Crippen molar-refractivity contribution in [1.29, 1.82) is 0 Å². The highest BCUT2D eigenvalue weighted by Gasteiger charge is 2.05. The van der Waals surface area contributed by atoms with Crippen LogP contribution in [0.15, 0.2) is 30.3 Å². The summed E-state index contributed by atoms with van der Waals surface area (Å²) in [5.41, 5.74) is 1.37. The molecule has 3 N–H and O–H groups in total. The molecular formula is C25H48ClNO. The van der Waals surface area contributed by atoms with Gasteiger partial charge in [-0.3, -0.25) is 0 Å². The van der Waals surface area contributed by atoms with E-state index >= 15 is 0 Å².